The molecule has 0 fully saturated rings. The van der Waals surface area contributed by atoms with Gasteiger partial charge in [-0.1, -0.05) is 0 Å². The molecule has 0 N–H and O–H groups in total. The summed E-state index contributed by atoms with van der Waals surface area (Å²) in [6, 6.07) is 12.3. The predicted molar refractivity (Wildman–Crippen MR) is 109 cm³/mol. The first kappa shape index (κ1) is 18.1. The molecule has 1 unspecified atom stereocenters. The predicted octanol–water partition coefficient (Wildman–Crippen LogP) is 4.91. The molecule has 0 aliphatic carbocycles. The second-order valence-corrected chi connectivity index (χ2v) is 13.1. The van der Waals surface area contributed by atoms with Crippen LogP contribution in [0, 0.1) is 0 Å². The maximum absolute atomic E-state index is 6.34. The first-order chi connectivity index (χ1) is 11.8. The van der Waals surface area contributed by atoms with E-state index in [-0.39, 0.29) is 11.0 Å². The Morgan fingerprint density at radius 3 is 2.04 bits per heavy atom. The zero-order valence-corrected chi connectivity index (χ0v) is 17.3. The minimum absolute atomic E-state index is 0.170. The van der Waals surface area contributed by atoms with E-state index in [0.29, 0.717) is 0 Å². The van der Waals surface area contributed by atoms with Gasteiger partial charge in [-0.25, -0.2) is 0 Å². The molecule has 2 aromatic carbocycles. The fourth-order valence-electron chi connectivity index (χ4n) is 3.99. The fourth-order valence-corrected chi connectivity index (χ4v) is 8.15. The number of hydrogen-bond acceptors (Lipinski definition) is 3. The van der Waals surface area contributed by atoms with Crippen LogP contribution < -0.4 is 19.5 Å². The maximum atomic E-state index is 6.34. The third-order valence-electron chi connectivity index (χ3n) is 5.92. The van der Waals surface area contributed by atoms with Crippen LogP contribution in [-0.4, -0.2) is 31.9 Å². The topological polar surface area (TPSA) is 27.7 Å². The van der Waals surface area contributed by atoms with Gasteiger partial charge in [0.25, 0.3) is 0 Å². The van der Waals surface area contributed by atoms with E-state index in [1.54, 1.807) is 14.2 Å². The molecule has 1 heterocycles. The first-order valence-electron chi connectivity index (χ1n) is 8.77. The molecule has 0 radical (unpaired) electrons. The molecule has 1 atom stereocenters. The van der Waals surface area contributed by atoms with E-state index in [4.69, 9.17) is 14.2 Å². The number of hydrogen-bond donors (Lipinski definition) is 0. The van der Waals surface area contributed by atoms with E-state index in [9.17, 15) is 0 Å². The van der Waals surface area contributed by atoms with Crippen molar-refractivity contribution in [3.8, 4) is 28.4 Å². The van der Waals surface area contributed by atoms with Crippen molar-refractivity contribution in [2.45, 2.75) is 38.7 Å². The van der Waals surface area contributed by atoms with Gasteiger partial charge >= 0.3 is 151 Å². The Balaban J connectivity index is 2.36. The van der Waals surface area contributed by atoms with E-state index >= 15 is 0 Å². The molecule has 1 aliphatic rings. The van der Waals surface area contributed by atoms with Gasteiger partial charge in [-0.2, -0.15) is 0 Å². The van der Waals surface area contributed by atoms with Gasteiger partial charge in [-0.3, -0.25) is 0 Å². The number of methoxy groups -OCH3 is 2. The van der Waals surface area contributed by atoms with Gasteiger partial charge in [-0.15, -0.1) is 0 Å². The molecule has 3 rings (SSSR count). The molecule has 0 bridgehead atoms. The van der Waals surface area contributed by atoms with Crippen molar-refractivity contribution in [2.24, 2.45) is 0 Å². The van der Waals surface area contributed by atoms with Gasteiger partial charge in [0.1, 0.15) is 0 Å². The Morgan fingerprint density at radius 1 is 0.960 bits per heavy atom. The van der Waals surface area contributed by atoms with Crippen molar-refractivity contribution in [2.75, 3.05) is 20.9 Å². The summed E-state index contributed by atoms with van der Waals surface area (Å²) in [7, 11) is 1.47. The zero-order chi connectivity index (χ0) is 18.4. The van der Waals surface area contributed by atoms with Crippen molar-refractivity contribution in [1.29, 1.82) is 0 Å². The third-order valence-corrected chi connectivity index (χ3v) is 12.3. The second kappa shape index (κ2) is 6.21. The number of benzene rings is 2. The standard InChI is InChI=1S/C21H29O3P/c1-14-24-18-13-8-10-15(20(18)25(14,7)21(2,3)4)19-16(22-5)11-9-12-17(19)23-6/h8-14,25H,1-7H3. The van der Waals surface area contributed by atoms with Crippen LogP contribution in [0.3, 0.4) is 0 Å². The third kappa shape index (κ3) is 2.60. The van der Waals surface area contributed by atoms with Gasteiger partial charge in [0, 0.05) is 0 Å². The van der Waals surface area contributed by atoms with Crippen LogP contribution >= 0.6 is 7.26 Å². The van der Waals surface area contributed by atoms with Crippen molar-refractivity contribution in [1.82, 2.24) is 0 Å². The monoisotopic (exact) mass is 360 g/mol. The van der Waals surface area contributed by atoms with Crippen molar-refractivity contribution in [3.05, 3.63) is 36.4 Å². The quantitative estimate of drug-likeness (QED) is 0.728. The minimum atomic E-state index is -1.94. The summed E-state index contributed by atoms with van der Waals surface area (Å²) in [5.74, 6) is 2.90. The Morgan fingerprint density at radius 2 is 1.52 bits per heavy atom. The van der Waals surface area contributed by atoms with Crippen LogP contribution in [0.25, 0.3) is 11.1 Å². The molecule has 0 spiro atoms. The Kier molecular flexibility index (Phi) is 4.49. The molecule has 3 nitrogen and oxygen atoms in total. The van der Waals surface area contributed by atoms with Crippen molar-refractivity contribution < 1.29 is 14.2 Å². The van der Waals surface area contributed by atoms with E-state index in [2.05, 4.69) is 52.6 Å². The summed E-state index contributed by atoms with van der Waals surface area (Å²) in [5, 5.41) is 1.54. The summed E-state index contributed by atoms with van der Waals surface area (Å²) in [6.45, 7) is 11.7. The summed E-state index contributed by atoms with van der Waals surface area (Å²) >= 11 is 0. The first-order valence-corrected chi connectivity index (χ1v) is 11.3. The van der Waals surface area contributed by atoms with E-state index in [0.717, 1.165) is 22.8 Å². The molecule has 136 valence electrons. The SMILES string of the molecule is COc1cccc(OC)c1-c1cccc2c1[PH](C)(C(C)(C)C)C(C)O2. The van der Waals surface area contributed by atoms with Crippen molar-refractivity contribution >= 4 is 12.6 Å². The fraction of sp³-hybridized carbons (Fsp3) is 0.429. The van der Waals surface area contributed by atoms with Gasteiger partial charge in [0.2, 0.25) is 0 Å². The van der Waals surface area contributed by atoms with Crippen LogP contribution in [0.1, 0.15) is 27.7 Å². The molecule has 2 aromatic rings. The molecular weight excluding hydrogens is 331 g/mol. The number of rotatable bonds is 3. The number of ether oxygens (including phenoxy) is 3. The summed E-state index contributed by atoms with van der Waals surface area (Å²) in [6.07, 6.45) is 0. The average Bonchev–Trinajstić information content (AvgIpc) is 2.86. The van der Waals surface area contributed by atoms with Crippen LogP contribution in [0.4, 0.5) is 0 Å². The summed E-state index contributed by atoms with van der Waals surface area (Å²) in [5.41, 5.74) is 2.20. The van der Waals surface area contributed by atoms with Crippen LogP contribution in [0.15, 0.2) is 36.4 Å². The van der Waals surface area contributed by atoms with Crippen LogP contribution in [-0.2, 0) is 0 Å². The molecule has 0 saturated heterocycles. The average molecular weight is 360 g/mol. The van der Waals surface area contributed by atoms with E-state index in [1.165, 1.54) is 10.9 Å². The van der Waals surface area contributed by atoms with Crippen molar-refractivity contribution in [3.63, 3.8) is 0 Å². The molecular formula is C21H29O3P. The van der Waals surface area contributed by atoms with Crippen LogP contribution in [0.2, 0.25) is 0 Å². The van der Waals surface area contributed by atoms with Gasteiger partial charge < -0.3 is 0 Å². The van der Waals surface area contributed by atoms with Gasteiger partial charge in [0.05, 0.1) is 0 Å². The van der Waals surface area contributed by atoms with Gasteiger partial charge in [-0.05, 0) is 0 Å². The molecule has 4 heteroatoms. The number of fused-ring (bicyclic) bond motifs is 1. The molecule has 0 amide bonds. The van der Waals surface area contributed by atoms with E-state index in [1.807, 2.05) is 18.2 Å². The Bertz CT molecular complexity index is 772. The van der Waals surface area contributed by atoms with Crippen LogP contribution in [0.5, 0.6) is 17.2 Å². The Hall–Kier alpha value is -1.73. The Labute approximate surface area is 151 Å². The molecule has 0 aromatic heterocycles. The molecule has 25 heavy (non-hydrogen) atoms. The molecule has 0 saturated carbocycles. The second-order valence-electron chi connectivity index (χ2n) is 7.93. The summed E-state index contributed by atoms with van der Waals surface area (Å²) < 4.78 is 17.7. The van der Waals surface area contributed by atoms with E-state index < -0.39 is 7.26 Å². The van der Waals surface area contributed by atoms with Gasteiger partial charge in [0.15, 0.2) is 0 Å². The normalized spacial score (nSPS) is 19.7. The summed E-state index contributed by atoms with van der Waals surface area (Å²) in [4.78, 5) is 0. The zero-order valence-electron chi connectivity index (χ0n) is 16.3. The molecule has 1 aliphatic heterocycles.